The van der Waals surface area contributed by atoms with Crippen molar-refractivity contribution in [1.82, 2.24) is 9.88 Å². The Balaban J connectivity index is 1.95. The van der Waals surface area contributed by atoms with E-state index in [2.05, 4.69) is 4.98 Å². The minimum Gasteiger partial charge on any atom is -0.458 e. The summed E-state index contributed by atoms with van der Waals surface area (Å²) in [7, 11) is 0. The van der Waals surface area contributed by atoms with Crippen LogP contribution in [0.2, 0.25) is 0 Å². The maximum atomic E-state index is 12.5. The molecule has 3 heterocycles. The van der Waals surface area contributed by atoms with Crippen molar-refractivity contribution in [3.8, 4) is 0 Å². The van der Waals surface area contributed by atoms with Crippen molar-refractivity contribution in [2.24, 2.45) is 5.73 Å². The van der Waals surface area contributed by atoms with Gasteiger partial charge in [-0.3, -0.25) is 9.69 Å². The summed E-state index contributed by atoms with van der Waals surface area (Å²) in [5.74, 6) is -0.0991. The van der Waals surface area contributed by atoms with Gasteiger partial charge in [-0.05, 0) is 32.4 Å². The molecule has 0 radical (unpaired) electrons. The van der Waals surface area contributed by atoms with Gasteiger partial charge in [-0.2, -0.15) is 0 Å². The molecule has 6 nitrogen and oxygen atoms in total. The minimum atomic E-state index is -0.550. The van der Waals surface area contributed by atoms with Gasteiger partial charge in [0.05, 0.1) is 17.3 Å². The molecule has 24 heavy (non-hydrogen) atoms. The number of hydrogen-bond acceptors (Lipinski definition) is 7. The van der Waals surface area contributed by atoms with E-state index >= 15 is 0 Å². The first-order valence-corrected chi connectivity index (χ1v) is 9.55. The lowest BCUT2D eigenvalue weighted by atomic mass is 10.0. The number of fused-ring (bicyclic) bond motifs is 1. The molecule has 2 unspecified atom stereocenters. The van der Waals surface area contributed by atoms with Crippen LogP contribution in [0.5, 0.6) is 0 Å². The number of allylic oxidation sites excluding steroid dienone is 1. The molecule has 0 aliphatic carbocycles. The van der Waals surface area contributed by atoms with Crippen LogP contribution in [-0.2, 0) is 14.3 Å². The fourth-order valence-corrected chi connectivity index (χ4v) is 4.53. The first-order chi connectivity index (χ1) is 11.4. The lowest BCUT2D eigenvalue weighted by Gasteiger charge is -2.48. The molecule has 2 aliphatic heterocycles. The molecule has 3 rings (SSSR count). The smallest absolute Gasteiger partial charge is 0.355 e. The number of ether oxygens (including phenoxy) is 1. The number of amides is 1. The summed E-state index contributed by atoms with van der Waals surface area (Å²) in [6.07, 6.45) is 3.55. The second-order valence-electron chi connectivity index (χ2n) is 5.90. The third-order valence-electron chi connectivity index (χ3n) is 3.79. The zero-order chi connectivity index (χ0) is 17.4. The molecular formula is C16H19N3O3S2. The Morgan fingerprint density at radius 1 is 1.50 bits per heavy atom. The van der Waals surface area contributed by atoms with E-state index in [1.165, 1.54) is 16.2 Å². The van der Waals surface area contributed by atoms with Crippen molar-refractivity contribution in [3.63, 3.8) is 0 Å². The van der Waals surface area contributed by atoms with Crippen LogP contribution in [0.15, 0.2) is 22.9 Å². The van der Waals surface area contributed by atoms with E-state index in [0.29, 0.717) is 11.4 Å². The Labute approximate surface area is 148 Å². The molecule has 128 valence electrons. The zero-order valence-corrected chi connectivity index (χ0v) is 15.3. The lowest BCUT2D eigenvalue weighted by Crippen LogP contribution is -2.68. The molecule has 0 aromatic carbocycles. The highest BCUT2D eigenvalue weighted by Gasteiger charge is 2.51. The monoisotopic (exact) mass is 365 g/mol. The summed E-state index contributed by atoms with van der Waals surface area (Å²) in [4.78, 5) is 31.4. The molecule has 8 heteroatoms. The summed E-state index contributed by atoms with van der Waals surface area (Å²) in [6.45, 7) is 5.50. The molecule has 1 amide bonds. The zero-order valence-electron chi connectivity index (χ0n) is 13.7. The van der Waals surface area contributed by atoms with Gasteiger partial charge < -0.3 is 10.5 Å². The van der Waals surface area contributed by atoms with Gasteiger partial charge in [-0.15, -0.1) is 23.1 Å². The van der Waals surface area contributed by atoms with E-state index in [4.69, 9.17) is 10.5 Å². The Hall–Kier alpha value is -1.64. The number of nitrogens with two attached hydrogens (primary N) is 1. The first-order valence-electron chi connectivity index (χ1n) is 7.62. The maximum absolute atomic E-state index is 12.5. The average Bonchev–Trinajstić information content (AvgIpc) is 2.95. The number of carbonyl (C=O) groups is 2. The van der Waals surface area contributed by atoms with Crippen molar-refractivity contribution in [3.05, 3.63) is 33.4 Å². The molecule has 0 bridgehead atoms. The van der Waals surface area contributed by atoms with E-state index in [-0.39, 0.29) is 17.4 Å². The van der Waals surface area contributed by atoms with E-state index in [1.807, 2.05) is 19.1 Å². The maximum Gasteiger partial charge on any atom is 0.355 e. The summed E-state index contributed by atoms with van der Waals surface area (Å²) < 4.78 is 5.33. The van der Waals surface area contributed by atoms with Crippen molar-refractivity contribution >= 4 is 41.1 Å². The second-order valence-corrected chi connectivity index (χ2v) is 7.89. The van der Waals surface area contributed by atoms with E-state index < -0.39 is 12.0 Å². The van der Waals surface area contributed by atoms with Crippen LogP contribution >= 0.6 is 23.1 Å². The van der Waals surface area contributed by atoms with Gasteiger partial charge in [0.25, 0.3) is 0 Å². The fourth-order valence-electron chi connectivity index (χ4n) is 2.57. The SMILES string of the molecule is Cc1ncsc1/C=C\C1=C(C(=O)OC(C)C)N2C(=O)C(N)C2SC1. The normalized spacial score (nSPS) is 23.7. The number of hydrogen-bond donors (Lipinski definition) is 1. The number of esters is 1. The van der Waals surface area contributed by atoms with Crippen molar-refractivity contribution in [2.45, 2.75) is 38.3 Å². The summed E-state index contributed by atoms with van der Waals surface area (Å²) >= 11 is 3.10. The van der Waals surface area contributed by atoms with Crippen LogP contribution in [0.25, 0.3) is 6.08 Å². The van der Waals surface area contributed by atoms with Gasteiger partial charge in [0.2, 0.25) is 5.91 Å². The van der Waals surface area contributed by atoms with Crippen molar-refractivity contribution in [2.75, 3.05) is 5.75 Å². The van der Waals surface area contributed by atoms with Crippen LogP contribution < -0.4 is 5.73 Å². The van der Waals surface area contributed by atoms with Crippen LogP contribution in [0, 0.1) is 6.92 Å². The largest absolute Gasteiger partial charge is 0.458 e. The van der Waals surface area contributed by atoms with E-state index in [1.54, 1.807) is 31.1 Å². The Morgan fingerprint density at radius 3 is 2.88 bits per heavy atom. The van der Waals surface area contributed by atoms with E-state index in [9.17, 15) is 9.59 Å². The van der Waals surface area contributed by atoms with Gasteiger partial charge in [0.1, 0.15) is 17.1 Å². The second kappa shape index (κ2) is 6.70. The fraction of sp³-hybridized carbons (Fsp3) is 0.438. The van der Waals surface area contributed by atoms with Crippen molar-refractivity contribution < 1.29 is 14.3 Å². The van der Waals surface area contributed by atoms with Gasteiger partial charge in [0, 0.05) is 10.6 Å². The summed E-state index contributed by atoms with van der Waals surface area (Å²) in [6, 6.07) is -0.550. The summed E-state index contributed by atoms with van der Waals surface area (Å²) in [5, 5.41) is -0.186. The third-order valence-corrected chi connectivity index (χ3v) is 6.01. The molecular weight excluding hydrogens is 346 g/mol. The molecule has 1 aromatic rings. The number of thiazole rings is 1. The predicted octanol–water partition coefficient (Wildman–Crippen LogP) is 1.91. The Kier molecular flexibility index (Phi) is 4.80. The quantitative estimate of drug-likeness (QED) is 0.648. The first kappa shape index (κ1) is 17.2. The predicted molar refractivity (Wildman–Crippen MR) is 95.2 cm³/mol. The standard InChI is InChI=1S/C16H19N3O3S2/c1-8(2)22-16(21)13-10(4-5-11-9(3)18-7-24-11)6-23-15-12(17)14(20)19(13)15/h4-5,7-8,12,15H,6,17H2,1-3H3/b5-4-. The number of aromatic nitrogens is 1. The van der Waals surface area contributed by atoms with Crippen LogP contribution in [0.1, 0.15) is 24.4 Å². The van der Waals surface area contributed by atoms with Gasteiger partial charge in [-0.25, -0.2) is 9.78 Å². The highest BCUT2D eigenvalue weighted by atomic mass is 32.2. The number of rotatable bonds is 4. The number of aryl methyl sites for hydroxylation is 1. The van der Waals surface area contributed by atoms with Gasteiger partial charge in [0.15, 0.2) is 0 Å². The number of carbonyl (C=O) groups excluding carboxylic acids is 2. The molecule has 1 aromatic heterocycles. The Morgan fingerprint density at radius 2 is 2.25 bits per heavy atom. The molecule has 2 atom stereocenters. The Bertz CT molecular complexity index is 739. The number of β-lactam (4-membered cyclic amide) rings is 1. The van der Waals surface area contributed by atoms with Crippen LogP contribution in [-0.4, -0.2) is 45.0 Å². The van der Waals surface area contributed by atoms with Gasteiger partial charge in [-0.1, -0.05) is 6.08 Å². The molecule has 1 saturated heterocycles. The number of nitrogens with zero attached hydrogens (tertiary/aromatic N) is 2. The molecule has 0 spiro atoms. The molecule has 1 fully saturated rings. The van der Waals surface area contributed by atoms with Crippen molar-refractivity contribution in [1.29, 1.82) is 0 Å². The van der Waals surface area contributed by atoms with Crippen LogP contribution in [0.4, 0.5) is 0 Å². The van der Waals surface area contributed by atoms with Gasteiger partial charge >= 0.3 is 5.97 Å². The number of thioether (sulfide) groups is 1. The highest BCUT2D eigenvalue weighted by molar-refractivity contribution is 8.00. The molecule has 0 saturated carbocycles. The molecule has 2 N–H and O–H groups in total. The average molecular weight is 365 g/mol. The highest BCUT2D eigenvalue weighted by Crippen LogP contribution is 2.40. The third kappa shape index (κ3) is 3.01. The van der Waals surface area contributed by atoms with Crippen LogP contribution in [0.3, 0.4) is 0 Å². The minimum absolute atomic E-state index is 0.186. The summed E-state index contributed by atoms with van der Waals surface area (Å²) in [5.41, 5.74) is 9.65. The topological polar surface area (TPSA) is 85.5 Å². The van der Waals surface area contributed by atoms with E-state index in [0.717, 1.165) is 16.1 Å². The molecule has 2 aliphatic rings. The lowest BCUT2D eigenvalue weighted by molar-refractivity contribution is -0.152.